The molecule has 0 aliphatic carbocycles. The van der Waals surface area contributed by atoms with Crippen molar-refractivity contribution in [3.05, 3.63) is 206 Å². The third kappa shape index (κ3) is 4.82. The molecule has 2 heterocycles. The molecule has 0 spiro atoms. The first-order valence-corrected chi connectivity index (χ1v) is 20.6. The van der Waals surface area contributed by atoms with Gasteiger partial charge in [0.05, 0.1) is 0 Å². The second-order valence-electron chi connectivity index (χ2n) is 15.9. The maximum absolute atomic E-state index is 6.46. The van der Waals surface area contributed by atoms with Gasteiger partial charge in [0.2, 0.25) is 0 Å². The normalized spacial score (nSPS) is 12.0. The average Bonchev–Trinajstić information content (AvgIpc) is 3.88. The van der Waals surface area contributed by atoms with Gasteiger partial charge in [-0.2, -0.15) is 0 Å². The Morgan fingerprint density at radius 2 is 0.567 bits per heavy atom. The zero-order valence-corrected chi connectivity index (χ0v) is 32.4. The van der Waals surface area contributed by atoms with Crippen molar-refractivity contribution >= 4 is 87.0 Å². The lowest BCUT2D eigenvalue weighted by atomic mass is 9.81. The standard InChI is InChI=1S/C58H34O2/c1-2-14-35(15-3-1)56-44-18-4-6-20-46(44)57(47-21-7-5-19-45(47)56)58-48-24-12-22-38(36-28-30-42-40-16-8-10-26-52(40)59-54(42)32-36)50(48)34-51-39(23-13-25-49(51)58)37-29-31-43-41-17-9-11-27-53(41)60-55(43)33-37/h1-34H. The number of furan rings is 2. The van der Waals surface area contributed by atoms with E-state index in [0.717, 1.165) is 66.1 Å². The summed E-state index contributed by atoms with van der Waals surface area (Å²) in [5.41, 5.74) is 13.1. The molecule has 2 heteroatoms. The van der Waals surface area contributed by atoms with Gasteiger partial charge in [-0.25, -0.2) is 0 Å². The Balaban J connectivity index is 1.17. The zero-order chi connectivity index (χ0) is 39.3. The van der Waals surface area contributed by atoms with Gasteiger partial charge in [0, 0.05) is 21.5 Å². The van der Waals surface area contributed by atoms with E-state index in [0.29, 0.717) is 0 Å². The fourth-order valence-corrected chi connectivity index (χ4v) is 10.0. The van der Waals surface area contributed by atoms with Crippen molar-refractivity contribution in [2.45, 2.75) is 0 Å². The third-order valence-corrected chi connectivity index (χ3v) is 12.7. The Morgan fingerprint density at radius 1 is 0.200 bits per heavy atom. The molecule has 2 aromatic heterocycles. The van der Waals surface area contributed by atoms with Gasteiger partial charge in [-0.05, 0) is 130 Å². The van der Waals surface area contributed by atoms with Crippen LogP contribution >= 0.6 is 0 Å². The number of rotatable bonds is 4. The van der Waals surface area contributed by atoms with E-state index in [1.807, 2.05) is 24.3 Å². The molecule has 60 heavy (non-hydrogen) atoms. The van der Waals surface area contributed by atoms with E-state index in [1.165, 1.54) is 65.3 Å². The summed E-state index contributed by atoms with van der Waals surface area (Å²) in [6, 6.07) is 74.8. The molecule has 0 saturated carbocycles. The maximum atomic E-state index is 6.46. The van der Waals surface area contributed by atoms with Crippen LogP contribution in [0.1, 0.15) is 0 Å². The summed E-state index contributed by atoms with van der Waals surface area (Å²) in [5, 5.41) is 14.2. The summed E-state index contributed by atoms with van der Waals surface area (Å²) < 4.78 is 12.9. The zero-order valence-electron chi connectivity index (χ0n) is 32.4. The Hall–Kier alpha value is -7.94. The van der Waals surface area contributed by atoms with Crippen molar-refractivity contribution in [2.75, 3.05) is 0 Å². The van der Waals surface area contributed by atoms with Crippen LogP contribution in [0.15, 0.2) is 215 Å². The molecule has 2 nitrogen and oxygen atoms in total. The summed E-state index contributed by atoms with van der Waals surface area (Å²) in [6.07, 6.45) is 0. The second kappa shape index (κ2) is 12.8. The number of hydrogen-bond donors (Lipinski definition) is 0. The summed E-state index contributed by atoms with van der Waals surface area (Å²) in [5.74, 6) is 0. The van der Waals surface area contributed by atoms with E-state index in [-0.39, 0.29) is 0 Å². The summed E-state index contributed by atoms with van der Waals surface area (Å²) in [6.45, 7) is 0. The molecule has 0 aliphatic rings. The molecule has 13 rings (SSSR count). The van der Waals surface area contributed by atoms with Crippen LogP contribution in [0.3, 0.4) is 0 Å². The lowest BCUT2D eigenvalue weighted by Gasteiger charge is -2.22. The van der Waals surface area contributed by atoms with Gasteiger partial charge in [-0.1, -0.05) is 164 Å². The van der Waals surface area contributed by atoms with Crippen molar-refractivity contribution in [2.24, 2.45) is 0 Å². The number of fused-ring (bicyclic) bond motifs is 10. The number of hydrogen-bond acceptors (Lipinski definition) is 2. The van der Waals surface area contributed by atoms with Gasteiger partial charge in [0.15, 0.2) is 0 Å². The molecule has 0 saturated heterocycles. The molecule has 0 unspecified atom stereocenters. The predicted molar refractivity (Wildman–Crippen MR) is 253 cm³/mol. The van der Waals surface area contributed by atoms with Crippen molar-refractivity contribution in [3.8, 4) is 44.5 Å². The molecule has 0 fully saturated rings. The highest BCUT2D eigenvalue weighted by atomic mass is 16.3. The number of para-hydroxylation sites is 2. The van der Waals surface area contributed by atoms with E-state index in [2.05, 4.69) is 182 Å². The molecule has 0 atom stereocenters. The molecule has 0 aliphatic heterocycles. The molecule has 0 amide bonds. The highest BCUT2D eigenvalue weighted by Gasteiger charge is 2.22. The van der Waals surface area contributed by atoms with E-state index in [4.69, 9.17) is 8.83 Å². The van der Waals surface area contributed by atoms with Crippen molar-refractivity contribution < 1.29 is 8.83 Å². The van der Waals surface area contributed by atoms with E-state index >= 15 is 0 Å². The highest BCUT2D eigenvalue weighted by Crippen LogP contribution is 2.50. The minimum Gasteiger partial charge on any atom is -0.456 e. The minimum atomic E-state index is 0.889. The van der Waals surface area contributed by atoms with Crippen molar-refractivity contribution in [1.29, 1.82) is 0 Å². The minimum absolute atomic E-state index is 0.889. The van der Waals surface area contributed by atoms with E-state index in [1.54, 1.807) is 0 Å². The van der Waals surface area contributed by atoms with Gasteiger partial charge < -0.3 is 8.83 Å². The van der Waals surface area contributed by atoms with E-state index in [9.17, 15) is 0 Å². The third-order valence-electron chi connectivity index (χ3n) is 12.7. The monoisotopic (exact) mass is 762 g/mol. The highest BCUT2D eigenvalue weighted by molar-refractivity contribution is 6.29. The average molecular weight is 763 g/mol. The van der Waals surface area contributed by atoms with Crippen LogP contribution in [0, 0.1) is 0 Å². The SMILES string of the molecule is c1ccc(-c2c3ccccc3c(-c3c4cccc(-c5ccc6c(c5)oc5ccccc56)c4cc4c(-c5ccc6c(c5)oc5ccccc56)cccc34)c3ccccc23)cc1. The van der Waals surface area contributed by atoms with Crippen LogP contribution in [0.2, 0.25) is 0 Å². The van der Waals surface area contributed by atoms with Crippen LogP contribution < -0.4 is 0 Å². The predicted octanol–water partition coefficient (Wildman–Crippen LogP) is 16.8. The first kappa shape index (κ1) is 33.1. The van der Waals surface area contributed by atoms with Gasteiger partial charge >= 0.3 is 0 Å². The fourth-order valence-electron chi connectivity index (χ4n) is 10.0. The molecule has 13 aromatic rings. The Bertz CT molecular complexity index is 3650. The van der Waals surface area contributed by atoms with E-state index < -0.39 is 0 Å². The van der Waals surface area contributed by atoms with Crippen molar-refractivity contribution in [3.63, 3.8) is 0 Å². The molecule has 0 radical (unpaired) electrons. The largest absolute Gasteiger partial charge is 0.456 e. The van der Waals surface area contributed by atoms with Gasteiger partial charge in [-0.15, -0.1) is 0 Å². The molecule has 11 aromatic carbocycles. The summed E-state index contributed by atoms with van der Waals surface area (Å²) >= 11 is 0. The lowest BCUT2D eigenvalue weighted by Crippen LogP contribution is -1.94. The first-order chi connectivity index (χ1) is 29.8. The van der Waals surface area contributed by atoms with Gasteiger partial charge in [0.1, 0.15) is 22.3 Å². The fraction of sp³-hybridized carbons (Fsp3) is 0. The van der Waals surface area contributed by atoms with Crippen LogP contribution in [0.25, 0.3) is 131 Å². The maximum Gasteiger partial charge on any atom is 0.136 e. The Labute approximate surface area is 345 Å². The molecule has 0 N–H and O–H groups in total. The Kier molecular flexibility index (Phi) is 7.05. The van der Waals surface area contributed by atoms with Gasteiger partial charge in [0.25, 0.3) is 0 Å². The number of benzene rings is 11. The first-order valence-electron chi connectivity index (χ1n) is 20.6. The van der Waals surface area contributed by atoms with Crippen molar-refractivity contribution in [1.82, 2.24) is 0 Å². The lowest BCUT2D eigenvalue weighted by molar-refractivity contribution is 0.668. The van der Waals surface area contributed by atoms with Crippen LogP contribution in [0.4, 0.5) is 0 Å². The topological polar surface area (TPSA) is 26.3 Å². The second-order valence-corrected chi connectivity index (χ2v) is 15.9. The van der Waals surface area contributed by atoms with Gasteiger partial charge in [-0.3, -0.25) is 0 Å². The van der Waals surface area contributed by atoms with Crippen LogP contribution in [-0.4, -0.2) is 0 Å². The summed E-state index contributed by atoms with van der Waals surface area (Å²) in [7, 11) is 0. The molecular formula is C58H34O2. The smallest absolute Gasteiger partial charge is 0.136 e. The molecule has 278 valence electrons. The summed E-state index contributed by atoms with van der Waals surface area (Å²) in [4.78, 5) is 0. The quantitative estimate of drug-likeness (QED) is 0.167. The van der Waals surface area contributed by atoms with Crippen LogP contribution in [-0.2, 0) is 0 Å². The Morgan fingerprint density at radius 3 is 1.05 bits per heavy atom. The van der Waals surface area contributed by atoms with Crippen LogP contribution in [0.5, 0.6) is 0 Å². The molecule has 0 bridgehead atoms. The molecular weight excluding hydrogens is 729 g/mol.